The highest BCUT2D eigenvalue weighted by molar-refractivity contribution is 7.03. The molecule has 0 radical (unpaired) electrons. The van der Waals surface area contributed by atoms with Gasteiger partial charge in [0.15, 0.2) is 0 Å². The van der Waals surface area contributed by atoms with Crippen molar-refractivity contribution < 1.29 is 23.8 Å². The van der Waals surface area contributed by atoms with Crippen LogP contribution in [0.2, 0.25) is 0 Å². The van der Waals surface area contributed by atoms with Gasteiger partial charge in [-0.1, -0.05) is 16.6 Å². The van der Waals surface area contributed by atoms with Gasteiger partial charge in [0.25, 0.3) is 0 Å². The summed E-state index contributed by atoms with van der Waals surface area (Å²) >= 11 is 1.27. The minimum absolute atomic E-state index is 0.0177. The molecular formula is C16H15N3O5S. The fraction of sp³-hybridized carbons (Fsp3) is 0.250. The Morgan fingerprint density at radius 1 is 1.16 bits per heavy atom. The van der Waals surface area contributed by atoms with Crippen LogP contribution in [0, 0.1) is 0 Å². The first-order chi connectivity index (χ1) is 12.2. The zero-order valence-electron chi connectivity index (χ0n) is 13.6. The summed E-state index contributed by atoms with van der Waals surface area (Å²) in [5.41, 5.74) is 2.57. The Hall–Kier alpha value is -2.78. The predicted molar refractivity (Wildman–Crippen MR) is 89.7 cm³/mol. The quantitative estimate of drug-likeness (QED) is 0.759. The van der Waals surface area contributed by atoms with E-state index in [1.54, 1.807) is 17.0 Å². The molecule has 3 rings (SSSR count). The third-order valence-corrected chi connectivity index (χ3v) is 4.17. The van der Waals surface area contributed by atoms with Crippen molar-refractivity contribution in [2.24, 2.45) is 0 Å². The summed E-state index contributed by atoms with van der Waals surface area (Å²) in [6, 6.07) is 7.32. The molecule has 9 heteroatoms. The van der Waals surface area contributed by atoms with Gasteiger partial charge in [-0.3, -0.25) is 0 Å². The summed E-state index contributed by atoms with van der Waals surface area (Å²) in [6.07, 6.45) is 0. The van der Waals surface area contributed by atoms with Crippen LogP contribution in [0.5, 0.6) is 0 Å². The van der Waals surface area contributed by atoms with E-state index in [1.165, 1.54) is 25.8 Å². The predicted octanol–water partition coefficient (Wildman–Crippen LogP) is 1.60. The highest BCUT2D eigenvalue weighted by Crippen LogP contribution is 2.28. The normalized spacial score (nSPS) is 14.4. The summed E-state index contributed by atoms with van der Waals surface area (Å²) < 4.78 is 18.8. The van der Waals surface area contributed by atoms with Gasteiger partial charge in [-0.05, 0) is 23.7 Å². The lowest BCUT2D eigenvalue weighted by atomic mass is 10.1. The Morgan fingerprint density at radius 3 is 2.48 bits per heavy atom. The fourth-order valence-corrected chi connectivity index (χ4v) is 2.92. The van der Waals surface area contributed by atoms with Crippen LogP contribution in [0.3, 0.4) is 0 Å². The first kappa shape index (κ1) is 17.1. The zero-order valence-corrected chi connectivity index (χ0v) is 14.4. The molecule has 1 aromatic carbocycles. The molecular weight excluding hydrogens is 346 g/mol. The molecule has 130 valence electrons. The van der Waals surface area contributed by atoms with Crippen molar-refractivity contribution in [1.29, 1.82) is 0 Å². The molecule has 0 atom stereocenters. The molecule has 0 unspecified atom stereocenters. The molecule has 0 aliphatic carbocycles. The average Bonchev–Trinajstić information content (AvgIpc) is 3.21. The number of esters is 2. The maximum Gasteiger partial charge on any atom is 0.355 e. The molecule has 1 aromatic heterocycles. The van der Waals surface area contributed by atoms with E-state index in [-0.39, 0.29) is 24.6 Å². The van der Waals surface area contributed by atoms with Crippen LogP contribution in [-0.4, -0.2) is 49.1 Å². The second-order valence-corrected chi connectivity index (χ2v) is 5.66. The molecule has 0 amide bonds. The number of hydrogen-bond donors (Lipinski definition) is 0. The molecule has 0 saturated heterocycles. The third-order valence-electron chi connectivity index (χ3n) is 3.67. The molecule has 0 fully saturated rings. The topological polar surface area (TPSA) is 90.9 Å². The Labute approximate surface area is 147 Å². The second kappa shape index (κ2) is 7.41. The van der Waals surface area contributed by atoms with Gasteiger partial charge in [0.1, 0.15) is 18.1 Å². The van der Waals surface area contributed by atoms with Crippen molar-refractivity contribution in [3.05, 3.63) is 40.9 Å². The SMILES string of the molecule is COC(=O)C1=C(C(=O)OC)N(c2ccc(-c3csnn3)cc2)COC1. The van der Waals surface area contributed by atoms with Crippen LogP contribution in [0.4, 0.5) is 5.69 Å². The number of carbonyl (C=O) groups is 2. The molecule has 0 saturated carbocycles. The molecule has 2 heterocycles. The van der Waals surface area contributed by atoms with Gasteiger partial charge in [-0.25, -0.2) is 9.59 Å². The summed E-state index contributed by atoms with van der Waals surface area (Å²) in [5, 5.41) is 5.86. The molecule has 25 heavy (non-hydrogen) atoms. The van der Waals surface area contributed by atoms with E-state index in [0.717, 1.165) is 11.3 Å². The van der Waals surface area contributed by atoms with Gasteiger partial charge in [0.2, 0.25) is 0 Å². The number of anilines is 1. The van der Waals surface area contributed by atoms with Gasteiger partial charge in [-0.2, -0.15) is 0 Å². The maximum atomic E-state index is 12.2. The van der Waals surface area contributed by atoms with Crippen molar-refractivity contribution in [2.75, 3.05) is 32.5 Å². The van der Waals surface area contributed by atoms with Crippen LogP contribution in [0.1, 0.15) is 0 Å². The van der Waals surface area contributed by atoms with Crippen LogP contribution < -0.4 is 4.90 Å². The van der Waals surface area contributed by atoms with E-state index in [0.29, 0.717) is 5.69 Å². The van der Waals surface area contributed by atoms with E-state index in [2.05, 4.69) is 9.59 Å². The molecule has 0 bridgehead atoms. The zero-order chi connectivity index (χ0) is 17.8. The first-order valence-corrected chi connectivity index (χ1v) is 8.12. The summed E-state index contributed by atoms with van der Waals surface area (Å²) in [5.74, 6) is -1.26. The second-order valence-electron chi connectivity index (χ2n) is 5.05. The monoisotopic (exact) mass is 361 g/mol. The Bertz CT molecular complexity index is 802. The summed E-state index contributed by atoms with van der Waals surface area (Å²) in [7, 11) is 2.51. The highest BCUT2D eigenvalue weighted by Gasteiger charge is 2.32. The Morgan fingerprint density at radius 2 is 1.88 bits per heavy atom. The molecule has 2 aromatic rings. The fourth-order valence-electron chi connectivity index (χ4n) is 2.45. The lowest BCUT2D eigenvalue weighted by molar-refractivity contribution is -0.140. The number of carbonyl (C=O) groups excluding carboxylic acids is 2. The van der Waals surface area contributed by atoms with Crippen LogP contribution in [0.15, 0.2) is 40.9 Å². The maximum absolute atomic E-state index is 12.2. The van der Waals surface area contributed by atoms with Crippen molar-refractivity contribution in [1.82, 2.24) is 9.59 Å². The molecule has 0 spiro atoms. The number of ether oxygens (including phenoxy) is 3. The van der Waals surface area contributed by atoms with E-state index in [9.17, 15) is 9.59 Å². The highest BCUT2D eigenvalue weighted by atomic mass is 32.1. The van der Waals surface area contributed by atoms with Gasteiger partial charge in [0, 0.05) is 16.6 Å². The van der Waals surface area contributed by atoms with Gasteiger partial charge < -0.3 is 19.1 Å². The number of methoxy groups -OCH3 is 2. The van der Waals surface area contributed by atoms with Crippen molar-refractivity contribution in [2.45, 2.75) is 0 Å². The van der Waals surface area contributed by atoms with Crippen molar-refractivity contribution in [3.63, 3.8) is 0 Å². The summed E-state index contributed by atoms with van der Waals surface area (Å²) in [6.45, 7) is 0.0959. The Kier molecular flexibility index (Phi) is 5.05. The van der Waals surface area contributed by atoms with Crippen LogP contribution in [0.25, 0.3) is 11.3 Å². The number of hydrogen-bond acceptors (Lipinski definition) is 9. The van der Waals surface area contributed by atoms with Gasteiger partial charge in [0.05, 0.1) is 26.4 Å². The molecule has 1 aliphatic rings. The smallest absolute Gasteiger partial charge is 0.355 e. The number of aromatic nitrogens is 2. The minimum atomic E-state index is -0.629. The number of nitrogens with zero attached hydrogens (tertiary/aromatic N) is 3. The average molecular weight is 361 g/mol. The lowest BCUT2D eigenvalue weighted by Gasteiger charge is -2.31. The van der Waals surface area contributed by atoms with E-state index >= 15 is 0 Å². The van der Waals surface area contributed by atoms with E-state index < -0.39 is 11.9 Å². The lowest BCUT2D eigenvalue weighted by Crippen LogP contribution is -2.38. The summed E-state index contributed by atoms with van der Waals surface area (Å²) in [4.78, 5) is 25.8. The minimum Gasteiger partial charge on any atom is -0.466 e. The van der Waals surface area contributed by atoms with Crippen LogP contribution in [-0.2, 0) is 23.8 Å². The standard InChI is InChI=1S/C16H15N3O5S/c1-22-15(20)12-7-24-9-19(14(12)16(21)23-2)11-5-3-10(4-6-11)13-8-25-18-17-13/h3-6,8H,7,9H2,1-2H3. The van der Waals surface area contributed by atoms with Gasteiger partial charge >= 0.3 is 11.9 Å². The number of benzene rings is 1. The first-order valence-electron chi connectivity index (χ1n) is 7.28. The Balaban J connectivity index is 1.99. The van der Waals surface area contributed by atoms with E-state index in [1.807, 2.05) is 17.5 Å². The molecule has 1 aliphatic heterocycles. The molecule has 8 nitrogen and oxygen atoms in total. The van der Waals surface area contributed by atoms with Crippen molar-refractivity contribution >= 4 is 29.2 Å². The molecule has 0 N–H and O–H groups in total. The van der Waals surface area contributed by atoms with Crippen LogP contribution >= 0.6 is 11.5 Å². The third kappa shape index (κ3) is 3.37. The van der Waals surface area contributed by atoms with Gasteiger partial charge in [-0.15, -0.1) is 5.10 Å². The number of rotatable bonds is 4. The largest absolute Gasteiger partial charge is 0.466 e. The van der Waals surface area contributed by atoms with Crippen molar-refractivity contribution in [3.8, 4) is 11.3 Å². The van der Waals surface area contributed by atoms with E-state index in [4.69, 9.17) is 14.2 Å².